The number of nitrogens with zero attached hydrogens (tertiary/aromatic N) is 1. The molecule has 3 aliphatic rings. The number of halogens is 1. The van der Waals surface area contributed by atoms with E-state index >= 15 is 0 Å². The third-order valence-electron chi connectivity index (χ3n) is 6.29. The smallest absolute Gasteiger partial charge is 0.343 e. The second kappa shape index (κ2) is 6.55. The van der Waals surface area contributed by atoms with E-state index in [1.54, 1.807) is 48.5 Å². The van der Waals surface area contributed by atoms with Gasteiger partial charge in [-0.15, -0.1) is 0 Å². The predicted molar refractivity (Wildman–Crippen MR) is 106 cm³/mol. The first kappa shape index (κ1) is 17.6. The molecule has 5 nitrogen and oxygen atoms in total. The van der Waals surface area contributed by atoms with Gasteiger partial charge in [0.25, 0.3) is 0 Å². The molecule has 2 bridgehead atoms. The molecule has 0 spiro atoms. The highest BCUT2D eigenvalue weighted by molar-refractivity contribution is 9.10. The third-order valence-corrected chi connectivity index (χ3v) is 6.82. The fourth-order valence-electron chi connectivity index (χ4n) is 5.10. The summed E-state index contributed by atoms with van der Waals surface area (Å²) in [5.74, 6) is 0.000993. The minimum Gasteiger partial charge on any atom is -0.423 e. The van der Waals surface area contributed by atoms with Crippen LogP contribution in [0.3, 0.4) is 0 Å². The maximum absolute atomic E-state index is 13.0. The monoisotopic (exact) mass is 439 g/mol. The molecule has 1 heterocycles. The van der Waals surface area contributed by atoms with Crippen LogP contribution >= 0.6 is 15.9 Å². The number of fused-ring (bicyclic) bond motifs is 5. The van der Waals surface area contributed by atoms with Crippen molar-refractivity contribution in [1.82, 2.24) is 0 Å². The number of benzene rings is 2. The van der Waals surface area contributed by atoms with Crippen LogP contribution in [0.2, 0.25) is 0 Å². The van der Waals surface area contributed by atoms with E-state index in [9.17, 15) is 14.4 Å². The minimum atomic E-state index is -0.525. The van der Waals surface area contributed by atoms with E-state index in [1.165, 1.54) is 4.90 Å². The largest absolute Gasteiger partial charge is 0.423 e. The number of carbonyl (C=O) groups excluding carboxylic acids is 3. The fourth-order valence-corrected chi connectivity index (χ4v) is 5.37. The van der Waals surface area contributed by atoms with Crippen LogP contribution in [0.25, 0.3) is 0 Å². The molecule has 142 valence electrons. The van der Waals surface area contributed by atoms with Crippen LogP contribution in [-0.2, 0) is 9.59 Å². The quantitative estimate of drug-likeness (QED) is 0.408. The Kier molecular flexibility index (Phi) is 4.12. The van der Waals surface area contributed by atoms with Gasteiger partial charge in [-0.3, -0.25) is 14.5 Å². The number of ether oxygens (including phenoxy) is 1. The number of hydrogen-bond donors (Lipinski definition) is 0. The molecule has 2 saturated carbocycles. The van der Waals surface area contributed by atoms with Crippen molar-refractivity contribution in [1.29, 1.82) is 0 Å². The highest BCUT2D eigenvalue weighted by Crippen LogP contribution is 2.56. The molecule has 1 saturated heterocycles. The Morgan fingerprint density at radius 1 is 0.964 bits per heavy atom. The summed E-state index contributed by atoms with van der Waals surface area (Å²) < 4.78 is 6.29. The van der Waals surface area contributed by atoms with Gasteiger partial charge in [-0.05, 0) is 73.6 Å². The number of amides is 2. The summed E-state index contributed by atoms with van der Waals surface area (Å²) in [6, 6.07) is 13.5. The van der Waals surface area contributed by atoms with Gasteiger partial charge in [-0.1, -0.05) is 22.0 Å². The van der Waals surface area contributed by atoms with E-state index < -0.39 is 5.97 Å². The lowest BCUT2D eigenvalue weighted by molar-refractivity contribution is -0.123. The maximum atomic E-state index is 13.0. The van der Waals surface area contributed by atoms with Crippen LogP contribution in [0.5, 0.6) is 5.75 Å². The third kappa shape index (κ3) is 2.70. The van der Waals surface area contributed by atoms with Crippen molar-refractivity contribution >= 4 is 39.4 Å². The first-order chi connectivity index (χ1) is 13.5. The van der Waals surface area contributed by atoms with Gasteiger partial charge in [-0.25, -0.2) is 4.79 Å². The van der Waals surface area contributed by atoms with Crippen LogP contribution in [-0.4, -0.2) is 17.8 Å². The molecule has 1 aliphatic heterocycles. The van der Waals surface area contributed by atoms with Gasteiger partial charge in [0.15, 0.2) is 0 Å². The van der Waals surface area contributed by atoms with Crippen LogP contribution in [0.1, 0.15) is 29.6 Å². The van der Waals surface area contributed by atoms with Crippen molar-refractivity contribution in [2.45, 2.75) is 19.3 Å². The van der Waals surface area contributed by atoms with E-state index in [1.807, 2.05) is 0 Å². The average molecular weight is 440 g/mol. The highest BCUT2D eigenvalue weighted by Gasteiger charge is 2.61. The Labute approximate surface area is 170 Å². The van der Waals surface area contributed by atoms with Crippen molar-refractivity contribution in [3.05, 3.63) is 58.6 Å². The van der Waals surface area contributed by atoms with E-state index in [0.717, 1.165) is 23.7 Å². The first-order valence-corrected chi connectivity index (χ1v) is 10.3. The van der Waals surface area contributed by atoms with Crippen molar-refractivity contribution < 1.29 is 19.1 Å². The van der Waals surface area contributed by atoms with Crippen LogP contribution in [0.15, 0.2) is 53.0 Å². The van der Waals surface area contributed by atoms with Crippen molar-refractivity contribution in [3.8, 4) is 5.75 Å². The Morgan fingerprint density at radius 2 is 1.61 bits per heavy atom. The number of imide groups is 1. The summed E-state index contributed by atoms with van der Waals surface area (Å²) in [6.45, 7) is 0. The van der Waals surface area contributed by atoms with Gasteiger partial charge in [0.05, 0.1) is 23.1 Å². The summed E-state index contributed by atoms with van der Waals surface area (Å²) in [4.78, 5) is 39.8. The normalized spacial score (nSPS) is 28.0. The Bertz CT molecular complexity index is 958. The summed E-state index contributed by atoms with van der Waals surface area (Å²) in [7, 11) is 0. The molecule has 2 aliphatic carbocycles. The molecule has 4 atom stereocenters. The molecule has 0 radical (unpaired) electrons. The SMILES string of the molecule is O=C(Oc1ccc(Br)cc1)c1cccc(N2C(=O)C3C4CCC(C4)C3C2=O)c1. The molecule has 28 heavy (non-hydrogen) atoms. The number of anilines is 1. The highest BCUT2D eigenvalue weighted by atomic mass is 79.9. The molecule has 2 aromatic rings. The number of rotatable bonds is 3. The van der Waals surface area contributed by atoms with Crippen LogP contribution in [0.4, 0.5) is 5.69 Å². The summed E-state index contributed by atoms with van der Waals surface area (Å²) >= 11 is 3.34. The molecule has 0 aromatic heterocycles. The molecule has 2 amide bonds. The zero-order valence-corrected chi connectivity index (χ0v) is 16.6. The Balaban J connectivity index is 1.40. The zero-order valence-electron chi connectivity index (χ0n) is 15.0. The average Bonchev–Trinajstić information content (AvgIpc) is 3.37. The summed E-state index contributed by atoms with van der Waals surface area (Å²) in [5, 5.41) is 0. The first-order valence-electron chi connectivity index (χ1n) is 9.48. The van der Waals surface area contributed by atoms with Gasteiger partial charge in [-0.2, -0.15) is 0 Å². The predicted octanol–water partition coefficient (Wildman–Crippen LogP) is 4.20. The molecule has 6 heteroatoms. The van der Waals surface area contributed by atoms with E-state index in [4.69, 9.17) is 4.74 Å². The maximum Gasteiger partial charge on any atom is 0.343 e. The fraction of sp³-hybridized carbons (Fsp3) is 0.318. The van der Waals surface area contributed by atoms with Gasteiger partial charge < -0.3 is 4.74 Å². The Morgan fingerprint density at radius 3 is 2.25 bits per heavy atom. The minimum absolute atomic E-state index is 0.111. The Hall–Kier alpha value is -2.47. The molecule has 2 aromatic carbocycles. The molecular formula is C22H18BrNO4. The van der Waals surface area contributed by atoms with E-state index in [0.29, 0.717) is 28.8 Å². The van der Waals surface area contributed by atoms with E-state index in [2.05, 4.69) is 15.9 Å². The molecule has 0 N–H and O–H groups in total. The van der Waals surface area contributed by atoms with E-state index in [-0.39, 0.29) is 23.7 Å². The second-order valence-corrected chi connectivity index (χ2v) is 8.71. The number of carbonyl (C=O) groups is 3. The van der Waals surface area contributed by atoms with Crippen LogP contribution < -0.4 is 9.64 Å². The zero-order chi connectivity index (χ0) is 19.4. The van der Waals surface area contributed by atoms with Gasteiger partial charge in [0.2, 0.25) is 11.8 Å². The lowest BCUT2D eigenvalue weighted by atomic mass is 9.81. The lowest BCUT2D eigenvalue weighted by Gasteiger charge is -2.19. The van der Waals surface area contributed by atoms with Crippen molar-refractivity contribution in [2.24, 2.45) is 23.7 Å². The molecule has 5 rings (SSSR count). The standard InChI is InChI=1S/C22H18BrNO4/c23-15-6-8-17(9-7-15)28-22(27)14-2-1-3-16(11-14)24-20(25)18-12-4-5-13(10-12)19(18)21(24)26/h1-3,6-9,11-13,18-19H,4-5,10H2. The number of hydrogen-bond acceptors (Lipinski definition) is 4. The van der Waals surface area contributed by atoms with Gasteiger partial charge in [0, 0.05) is 4.47 Å². The summed E-state index contributed by atoms with van der Waals surface area (Å²) in [5.41, 5.74) is 0.759. The van der Waals surface area contributed by atoms with Gasteiger partial charge in [0.1, 0.15) is 5.75 Å². The molecule has 3 fully saturated rings. The lowest BCUT2D eigenvalue weighted by Crippen LogP contribution is -2.32. The van der Waals surface area contributed by atoms with Crippen molar-refractivity contribution in [2.75, 3.05) is 4.90 Å². The van der Waals surface area contributed by atoms with Crippen molar-refractivity contribution in [3.63, 3.8) is 0 Å². The number of esters is 1. The molecular weight excluding hydrogens is 422 g/mol. The summed E-state index contributed by atoms with van der Waals surface area (Å²) in [6.07, 6.45) is 3.08. The van der Waals surface area contributed by atoms with Crippen LogP contribution in [0, 0.1) is 23.7 Å². The second-order valence-electron chi connectivity index (χ2n) is 7.79. The molecule has 4 unspecified atom stereocenters. The van der Waals surface area contributed by atoms with Gasteiger partial charge >= 0.3 is 5.97 Å². The topological polar surface area (TPSA) is 63.7 Å².